The standard InChI is InChI=1S/C9H23N2O3PS2/c1-7-9(4)16-15(12,10-5)11(6)17(13,14)8(2)3/h8-9H,7H2,1-6H3,(H,10,12). The lowest BCUT2D eigenvalue weighted by molar-refractivity contribution is 0.520. The van der Waals surface area contributed by atoms with Crippen LogP contribution in [0.4, 0.5) is 0 Å². The molecule has 0 aromatic rings. The summed E-state index contributed by atoms with van der Waals surface area (Å²) in [6, 6.07) is 0. The lowest BCUT2D eigenvalue weighted by Crippen LogP contribution is -2.33. The van der Waals surface area contributed by atoms with Crippen LogP contribution in [-0.4, -0.2) is 37.1 Å². The first-order valence-corrected chi connectivity index (χ1v) is 10.2. The van der Waals surface area contributed by atoms with Crippen LogP contribution in [0, 0.1) is 0 Å². The lowest BCUT2D eigenvalue weighted by Gasteiger charge is -2.29. The molecule has 5 nitrogen and oxygen atoms in total. The highest BCUT2D eigenvalue weighted by atomic mass is 32.7. The van der Waals surface area contributed by atoms with Crippen LogP contribution in [0.5, 0.6) is 0 Å². The Labute approximate surface area is 109 Å². The van der Waals surface area contributed by atoms with Gasteiger partial charge in [-0.3, -0.25) is 4.57 Å². The van der Waals surface area contributed by atoms with Crippen molar-refractivity contribution in [3.05, 3.63) is 0 Å². The minimum Gasteiger partial charge on any atom is -0.276 e. The average Bonchev–Trinajstić information content (AvgIpc) is 2.27. The zero-order valence-corrected chi connectivity index (χ0v) is 13.8. The van der Waals surface area contributed by atoms with Gasteiger partial charge in [0, 0.05) is 12.3 Å². The Kier molecular flexibility index (Phi) is 6.74. The van der Waals surface area contributed by atoms with Crippen LogP contribution in [0.25, 0.3) is 0 Å². The monoisotopic (exact) mass is 302 g/mol. The van der Waals surface area contributed by atoms with E-state index in [4.69, 9.17) is 0 Å². The smallest absolute Gasteiger partial charge is 0.276 e. The van der Waals surface area contributed by atoms with Crippen LogP contribution in [0.2, 0.25) is 0 Å². The van der Waals surface area contributed by atoms with Crippen molar-refractivity contribution in [2.24, 2.45) is 0 Å². The maximum Gasteiger partial charge on any atom is 0.281 e. The molecule has 1 N–H and O–H groups in total. The second-order valence-corrected chi connectivity index (χ2v) is 12.1. The summed E-state index contributed by atoms with van der Waals surface area (Å²) < 4.78 is 37.6. The fraction of sp³-hybridized carbons (Fsp3) is 1.00. The third kappa shape index (κ3) is 4.24. The van der Waals surface area contributed by atoms with E-state index in [0.29, 0.717) is 0 Å². The van der Waals surface area contributed by atoms with Crippen molar-refractivity contribution in [1.29, 1.82) is 0 Å². The molecule has 0 saturated heterocycles. The van der Waals surface area contributed by atoms with Gasteiger partial charge in [-0.05, 0) is 27.3 Å². The molecule has 0 aliphatic heterocycles. The average molecular weight is 302 g/mol. The molecule has 0 radical (unpaired) electrons. The summed E-state index contributed by atoms with van der Waals surface area (Å²) in [5, 5.41) is 2.23. The Balaban J connectivity index is 5.20. The second-order valence-electron chi connectivity index (χ2n) is 4.10. The van der Waals surface area contributed by atoms with Gasteiger partial charge in [-0.1, -0.05) is 25.2 Å². The highest BCUT2D eigenvalue weighted by Gasteiger charge is 2.38. The SMILES string of the molecule is CCC(C)SP(=O)(NC)N(C)S(=O)(=O)C(C)C. The van der Waals surface area contributed by atoms with E-state index in [-0.39, 0.29) is 5.25 Å². The number of nitrogens with zero attached hydrogens (tertiary/aromatic N) is 1. The molecule has 0 amide bonds. The van der Waals surface area contributed by atoms with Gasteiger partial charge in [0.15, 0.2) is 0 Å². The molecular formula is C9H23N2O3PS2. The minimum absolute atomic E-state index is 0.137. The third-order valence-electron chi connectivity index (χ3n) is 2.52. The van der Waals surface area contributed by atoms with Gasteiger partial charge in [0.05, 0.1) is 5.25 Å². The highest BCUT2D eigenvalue weighted by molar-refractivity contribution is 8.58. The van der Waals surface area contributed by atoms with Crippen LogP contribution in [0.3, 0.4) is 0 Å². The van der Waals surface area contributed by atoms with Crippen LogP contribution in [0.1, 0.15) is 34.1 Å². The van der Waals surface area contributed by atoms with Crippen molar-refractivity contribution in [3.63, 3.8) is 0 Å². The Morgan fingerprint density at radius 1 is 1.35 bits per heavy atom. The Hall–Kier alpha value is 0.450. The quantitative estimate of drug-likeness (QED) is 0.732. The number of hydrogen-bond donors (Lipinski definition) is 1. The van der Waals surface area contributed by atoms with E-state index in [9.17, 15) is 13.0 Å². The molecular weight excluding hydrogens is 279 g/mol. The Morgan fingerprint density at radius 2 is 1.82 bits per heavy atom. The third-order valence-corrected chi connectivity index (χ3v) is 11.6. The van der Waals surface area contributed by atoms with Crippen LogP contribution in [-0.2, 0) is 14.6 Å². The summed E-state index contributed by atoms with van der Waals surface area (Å²) >= 11 is 1.19. The number of nitrogens with one attached hydrogen (secondary N) is 1. The molecule has 0 bridgehead atoms. The summed E-state index contributed by atoms with van der Waals surface area (Å²) in [5.41, 5.74) is 0. The molecule has 0 fully saturated rings. The van der Waals surface area contributed by atoms with Gasteiger partial charge < -0.3 is 0 Å². The van der Waals surface area contributed by atoms with E-state index in [1.807, 2.05) is 13.8 Å². The van der Waals surface area contributed by atoms with Gasteiger partial charge in [0.2, 0.25) is 10.0 Å². The van der Waals surface area contributed by atoms with Crippen molar-refractivity contribution < 1.29 is 13.0 Å². The molecule has 0 aromatic carbocycles. The second kappa shape index (κ2) is 6.57. The highest BCUT2D eigenvalue weighted by Crippen LogP contribution is 2.60. The van der Waals surface area contributed by atoms with Gasteiger partial charge in [-0.2, -0.15) is 0 Å². The summed E-state index contributed by atoms with van der Waals surface area (Å²) in [6.45, 7) is 3.95. The van der Waals surface area contributed by atoms with Crippen LogP contribution < -0.4 is 5.09 Å². The lowest BCUT2D eigenvalue weighted by atomic mass is 10.4. The molecule has 0 heterocycles. The van der Waals surface area contributed by atoms with Crippen molar-refractivity contribution in [3.8, 4) is 0 Å². The predicted molar refractivity (Wildman–Crippen MR) is 75.8 cm³/mol. The molecule has 0 rings (SSSR count). The maximum absolute atomic E-state index is 12.6. The zero-order valence-electron chi connectivity index (χ0n) is 11.3. The first kappa shape index (κ1) is 17.4. The van der Waals surface area contributed by atoms with Gasteiger partial charge in [-0.15, -0.1) is 4.08 Å². The van der Waals surface area contributed by atoms with Crippen molar-refractivity contribution in [2.45, 2.75) is 44.6 Å². The molecule has 17 heavy (non-hydrogen) atoms. The summed E-state index contributed by atoms with van der Waals surface area (Å²) in [6.07, 6.45) is 0.839. The molecule has 0 spiro atoms. The maximum atomic E-state index is 12.6. The van der Waals surface area contributed by atoms with E-state index >= 15 is 0 Å². The molecule has 2 atom stereocenters. The Bertz CT molecular complexity index is 384. The number of rotatable bonds is 7. The van der Waals surface area contributed by atoms with Gasteiger partial charge in [0.1, 0.15) is 0 Å². The van der Waals surface area contributed by atoms with E-state index in [0.717, 1.165) is 10.5 Å². The fourth-order valence-corrected chi connectivity index (χ4v) is 8.62. The molecule has 8 heteroatoms. The van der Waals surface area contributed by atoms with Gasteiger partial charge in [-0.25, -0.2) is 13.5 Å². The summed E-state index contributed by atoms with van der Waals surface area (Å²) in [7, 11) is -0.606. The predicted octanol–water partition coefficient (Wildman–Crippen LogP) is 2.52. The fourth-order valence-electron chi connectivity index (χ4n) is 1.03. The molecule has 0 aromatic heterocycles. The zero-order chi connectivity index (χ0) is 13.9. The molecule has 0 saturated carbocycles. The molecule has 0 aliphatic carbocycles. The molecule has 2 unspecified atom stereocenters. The van der Waals surface area contributed by atoms with Gasteiger partial charge >= 0.3 is 0 Å². The summed E-state index contributed by atoms with van der Waals surface area (Å²) in [5.74, 6) is 0. The Morgan fingerprint density at radius 3 is 2.12 bits per heavy atom. The van der Waals surface area contributed by atoms with E-state index in [1.165, 1.54) is 25.5 Å². The first-order chi connectivity index (χ1) is 7.61. The van der Waals surface area contributed by atoms with E-state index in [2.05, 4.69) is 5.09 Å². The summed E-state index contributed by atoms with van der Waals surface area (Å²) in [4.78, 5) is 0. The molecule has 104 valence electrons. The van der Waals surface area contributed by atoms with Crippen molar-refractivity contribution in [2.75, 3.05) is 14.1 Å². The van der Waals surface area contributed by atoms with Crippen LogP contribution in [0.15, 0.2) is 0 Å². The topological polar surface area (TPSA) is 66.5 Å². The van der Waals surface area contributed by atoms with E-state index < -0.39 is 21.9 Å². The molecule has 0 aliphatic rings. The van der Waals surface area contributed by atoms with Crippen molar-refractivity contribution >= 4 is 28.1 Å². The van der Waals surface area contributed by atoms with E-state index in [1.54, 1.807) is 13.8 Å². The number of hydrogen-bond acceptors (Lipinski definition) is 4. The van der Waals surface area contributed by atoms with Crippen molar-refractivity contribution in [1.82, 2.24) is 9.16 Å². The number of sulfonamides is 1. The van der Waals surface area contributed by atoms with Crippen LogP contribution >= 0.6 is 18.0 Å². The first-order valence-electron chi connectivity index (χ1n) is 5.57. The minimum atomic E-state index is -3.51. The van der Waals surface area contributed by atoms with Gasteiger partial charge in [0.25, 0.3) is 6.65 Å². The normalized spacial score (nSPS) is 18.4. The largest absolute Gasteiger partial charge is 0.281 e.